The van der Waals surface area contributed by atoms with E-state index >= 15 is 0 Å². The number of aromatic hydroxyl groups is 1. The molecule has 0 spiro atoms. The minimum absolute atomic E-state index is 0.0273. The van der Waals surface area contributed by atoms with Crippen molar-refractivity contribution in [2.24, 2.45) is 17.3 Å². The van der Waals surface area contributed by atoms with Crippen molar-refractivity contribution in [2.75, 3.05) is 6.54 Å². The van der Waals surface area contributed by atoms with Crippen LogP contribution in [0.25, 0.3) is 0 Å². The molecule has 6 atom stereocenters. The number of phenolic OH excluding ortho intramolecular Hbond substituents is 1. The Bertz CT molecular complexity index is 2180. The average Bonchev–Trinajstić information content (AvgIpc) is 3.53. The molecule has 2 amide bonds. The van der Waals surface area contributed by atoms with Gasteiger partial charge in [-0.15, -0.1) is 0 Å². The maximum atomic E-state index is 14.3. The number of nitrogens with zero attached hydrogens (tertiary/aromatic N) is 2. The number of fused-ring (bicyclic) bond motifs is 1. The number of non-ortho nitro benzene ring substituents is 1. The summed E-state index contributed by atoms with van der Waals surface area (Å²) in [6.45, 7) is 22.4. The van der Waals surface area contributed by atoms with Crippen LogP contribution >= 0.6 is 0 Å². The number of β-lactam (4-membered cyclic amide) rings is 1. The number of hydrogen-bond acceptors (Lipinski definition) is 10. The molecule has 1 aliphatic carbocycles. The predicted octanol–water partition coefficient (Wildman–Crippen LogP) is 10.6. The number of hydrogen-bond donors (Lipinski definition) is 2. The number of esters is 2. The van der Waals surface area contributed by atoms with E-state index in [9.17, 15) is 34.4 Å². The molecule has 2 heterocycles. The van der Waals surface area contributed by atoms with Crippen molar-refractivity contribution in [1.82, 2.24) is 10.2 Å². The normalized spacial score (nSPS) is 22.6. The molecular weight excluding hydrogens is 819 g/mol. The van der Waals surface area contributed by atoms with Gasteiger partial charge in [0.15, 0.2) is 8.32 Å². The van der Waals surface area contributed by atoms with E-state index in [1.54, 1.807) is 18.2 Å². The Labute approximate surface area is 372 Å². The van der Waals surface area contributed by atoms with Crippen LogP contribution in [0.15, 0.2) is 83.6 Å². The molecule has 340 valence electrons. The number of ether oxygens (including phenoxy) is 2. The van der Waals surface area contributed by atoms with E-state index in [0.29, 0.717) is 17.6 Å². The smallest absolute Gasteiger partial charge is 0.412 e. The van der Waals surface area contributed by atoms with Crippen LogP contribution in [0.5, 0.6) is 11.5 Å². The monoisotopic (exact) mass is 883 g/mol. The number of unbranched alkanes of at least 4 members (excludes halogenated alkanes) is 2. The molecule has 2 aliphatic heterocycles. The zero-order valence-corrected chi connectivity index (χ0v) is 39.4. The fourth-order valence-corrected chi connectivity index (χ4v) is 12.7. The lowest BCUT2D eigenvalue weighted by molar-refractivity contribution is -0.384. The van der Waals surface area contributed by atoms with Crippen LogP contribution < -0.4 is 10.1 Å². The summed E-state index contributed by atoms with van der Waals surface area (Å²) in [7, 11) is -2.15. The van der Waals surface area contributed by atoms with Gasteiger partial charge in [0, 0.05) is 36.1 Å². The van der Waals surface area contributed by atoms with Crippen molar-refractivity contribution in [3.8, 4) is 11.5 Å². The van der Waals surface area contributed by atoms with Gasteiger partial charge in [-0.2, -0.15) is 0 Å². The van der Waals surface area contributed by atoms with E-state index in [4.69, 9.17) is 13.9 Å². The molecule has 3 aliphatic rings. The number of phenols is 1. The topological polar surface area (TPSA) is 175 Å². The maximum absolute atomic E-state index is 14.3. The summed E-state index contributed by atoms with van der Waals surface area (Å²) < 4.78 is 18.2. The minimum Gasteiger partial charge on any atom is -0.507 e. The van der Waals surface area contributed by atoms with E-state index < -0.39 is 54.8 Å². The molecule has 5 rings (SSSR count). The molecule has 0 aromatic heterocycles. The fourth-order valence-electron chi connectivity index (χ4n) is 9.67. The van der Waals surface area contributed by atoms with Crippen molar-refractivity contribution < 1.29 is 43.1 Å². The molecule has 2 aromatic carbocycles. The van der Waals surface area contributed by atoms with Crippen molar-refractivity contribution in [2.45, 2.75) is 137 Å². The first-order chi connectivity index (χ1) is 29.9. The second kappa shape index (κ2) is 20.4. The SMILES string of the molecule is C=C(C)[C@@H]1CCC(C)=C[C@H]1c1c(O)cc(CCCCC)cc1OC(=O)NC/C=C/C1=C(C(=O)OC(=O)c2ccc([N+](=O)[O-])cc2)N2C(=O)[C@](C)(C(C)O[Si](CC)(CC)CC)[C@H]2[C@H]1C. The zero-order chi connectivity index (χ0) is 46.4. The van der Waals surface area contributed by atoms with Crippen molar-refractivity contribution in [3.63, 3.8) is 0 Å². The van der Waals surface area contributed by atoms with E-state index in [2.05, 4.69) is 52.6 Å². The van der Waals surface area contributed by atoms with Crippen molar-refractivity contribution in [3.05, 3.63) is 110 Å². The summed E-state index contributed by atoms with van der Waals surface area (Å²) in [6.07, 6.45) is 9.67. The number of nitrogens with one attached hydrogen (secondary N) is 1. The lowest BCUT2D eigenvalue weighted by Crippen LogP contribution is -2.72. The summed E-state index contributed by atoms with van der Waals surface area (Å²) in [4.78, 5) is 67.0. The number of amides is 2. The van der Waals surface area contributed by atoms with Gasteiger partial charge in [-0.1, -0.05) is 83.4 Å². The van der Waals surface area contributed by atoms with Gasteiger partial charge in [0.1, 0.15) is 17.2 Å². The highest BCUT2D eigenvalue weighted by molar-refractivity contribution is 6.73. The Morgan fingerprint density at radius 1 is 1.10 bits per heavy atom. The molecule has 13 nitrogen and oxygen atoms in total. The summed E-state index contributed by atoms with van der Waals surface area (Å²) in [6, 6.07) is 10.5. The van der Waals surface area contributed by atoms with Crippen molar-refractivity contribution >= 4 is 37.9 Å². The molecule has 14 heteroatoms. The van der Waals surface area contributed by atoms with Crippen LogP contribution in [-0.4, -0.2) is 65.9 Å². The van der Waals surface area contributed by atoms with Crippen LogP contribution in [0.1, 0.15) is 122 Å². The van der Waals surface area contributed by atoms with Crippen LogP contribution in [0.4, 0.5) is 10.5 Å². The summed E-state index contributed by atoms with van der Waals surface area (Å²) >= 11 is 0. The minimum atomic E-state index is -2.15. The summed E-state index contributed by atoms with van der Waals surface area (Å²) in [5, 5.41) is 25.4. The summed E-state index contributed by atoms with van der Waals surface area (Å²) in [5.41, 5.74) is 2.61. The van der Waals surface area contributed by atoms with Crippen LogP contribution in [0.2, 0.25) is 18.1 Å². The van der Waals surface area contributed by atoms with Gasteiger partial charge < -0.3 is 29.2 Å². The molecule has 63 heavy (non-hydrogen) atoms. The second-order valence-corrected chi connectivity index (χ2v) is 22.4. The Kier molecular flexibility index (Phi) is 15.8. The zero-order valence-electron chi connectivity index (χ0n) is 38.4. The number of allylic oxidation sites excluding steroid dienone is 4. The quantitative estimate of drug-likeness (QED) is 0.0202. The maximum Gasteiger partial charge on any atom is 0.412 e. The van der Waals surface area contributed by atoms with Gasteiger partial charge in [-0.3, -0.25) is 14.9 Å². The first-order valence-corrected chi connectivity index (χ1v) is 25.0. The number of carbonyl (C=O) groups excluding carboxylic acids is 4. The Morgan fingerprint density at radius 2 is 1.76 bits per heavy atom. The third kappa shape index (κ3) is 10.1. The van der Waals surface area contributed by atoms with Crippen LogP contribution in [0, 0.1) is 27.4 Å². The summed E-state index contributed by atoms with van der Waals surface area (Å²) in [5.74, 6) is -2.65. The number of carbonyl (C=O) groups is 4. The van der Waals surface area contributed by atoms with Crippen LogP contribution in [-0.2, 0) is 25.2 Å². The largest absolute Gasteiger partial charge is 0.507 e. The van der Waals surface area contributed by atoms with Gasteiger partial charge in [0.05, 0.1) is 28.0 Å². The molecule has 2 N–H and O–H groups in total. The van der Waals surface area contributed by atoms with Crippen LogP contribution in [0.3, 0.4) is 0 Å². The van der Waals surface area contributed by atoms with Gasteiger partial charge in [-0.25, -0.2) is 14.4 Å². The Morgan fingerprint density at radius 3 is 2.37 bits per heavy atom. The van der Waals surface area contributed by atoms with E-state index in [1.807, 2.05) is 33.8 Å². The first kappa shape index (κ1) is 48.7. The number of nitro benzene ring substituents is 1. The highest BCUT2D eigenvalue weighted by atomic mass is 28.4. The highest BCUT2D eigenvalue weighted by Crippen LogP contribution is 2.56. The molecule has 1 unspecified atom stereocenters. The predicted molar refractivity (Wildman–Crippen MR) is 245 cm³/mol. The van der Waals surface area contributed by atoms with E-state index in [0.717, 1.165) is 73.5 Å². The fraction of sp³-hybridized carbons (Fsp3) is 0.510. The number of aryl methyl sites for hydroxylation is 1. The van der Waals surface area contributed by atoms with E-state index in [-0.39, 0.29) is 52.7 Å². The molecular formula is C49H65N3O10Si. The number of nitro groups is 1. The molecule has 0 bridgehead atoms. The lowest BCUT2D eigenvalue weighted by Gasteiger charge is -2.56. The average molecular weight is 884 g/mol. The van der Waals surface area contributed by atoms with Gasteiger partial charge in [0.2, 0.25) is 5.91 Å². The lowest BCUT2D eigenvalue weighted by atomic mass is 9.65. The molecule has 1 fully saturated rings. The second-order valence-electron chi connectivity index (χ2n) is 17.7. The van der Waals surface area contributed by atoms with Gasteiger partial charge >= 0.3 is 18.0 Å². The molecule has 0 radical (unpaired) electrons. The standard InChI is InChI=1S/C49H65N3O10Si/c1-11-15-16-18-34-28-40(53)42(39-27-31(7)20-25-37(39)30(5)6)41(29-34)60-48(57)50-26-17-19-38-32(8)44-49(10,33(9)62-63(12-2,13-3)14-4)47(56)51(44)43(38)46(55)61-45(54)35-21-23-36(24-22-35)52(58)59/h17,19,21-24,27-29,32-33,37,39,44,53H,5,11-16,18,20,25-26H2,1-4,6-10H3,(H,50,57)/b19-17+/t32-,33?,37-,39+,44+,49+/m0/s1. The molecule has 2 aromatic rings. The Balaban J connectivity index is 1.42. The first-order valence-electron chi connectivity index (χ1n) is 22.4. The van der Waals surface area contributed by atoms with Crippen molar-refractivity contribution in [1.29, 1.82) is 0 Å². The third-order valence-electron chi connectivity index (χ3n) is 13.8. The third-order valence-corrected chi connectivity index (χ3v) is 18.5. The van der Waals surface area contributed by atoms with Gasteiger partial charge in [0.25, 0.3) is 5.69 Å². The number of rotatable bonds is 19. The Hall–Kier alpha value is -5.34. The number of benzene rings is 2. The molecule has 0 saturated carbocycles. The van der Waals surface area contributed by atoms with Gasteiger partial charge in [-0.05, 0) is 113 Å². The highest BCUT2D eigenvalue weighted by Gasteiger charge is 2.68. The molecule has 1 saturated heterocycles. The van der Waals surface area contributed by atoms with E-state index in [1.165, 1.54) is 22.6 Å².